The van der Waals surface area contributed by atoms with Crippen molar-refractivity contribution in [1.29, 1.82) is 0 Å². The van der Waals surface area contributed by atoms with Gasteiger partial charge in [0, 0.05) is 24.1 Å². The van der Waals surface area contributed by atoms with E-state index < -0.39 is 28.3 Å². The van der Waals surface area contributed by atoms with E-state index in [-0.39, 0.29) is 16.5 Å². The van der Waals surface area contributed by atoms with Crippen molar-refractivity contribution in [3.05, 3.63) is 63.7 Å². The van der Waals surface area contributed by atoms with Crippen LogP contribution >= 0.6 is 11.8 Å². The molecular formula is C18H17F3N2O4S. The minimum atomic E-state index is -4.69. The second-order valence-electron chi connectivity index (χ2n) is 5.87. The summed E-state index contributed by atoms with van der Waals surface area (Å²) < 4.78 is 43.5. The van der Waals surface area contributed by atoms with Crippen LogP contribution in [0.2, 0.25) is 0 Å². The highest BCUT2D eigenvalue weighted by Gasteiger charge is 2.33. The van der Waals surface area contributed by atoms with Crippen molar-refractivity contribution in [3.8, 4) is 0 Å². The summed E-state index contributed by atoms with van der Waals surface area (Å²) in [5.74, 6) is -0.415. The highest BCUT2D eigenvalue weighted by atomic mass is 32.2. The van der Waals surface area contributed by atoms with Crippen molar-refractivity contribution in [1.82, 2.24) is 5.32 Å². The molecule has 0 spiro atoms. The molecule has 0 saturated carbocycles. The third-order valence-electron chi connectivity index (χ3n) is 3.63. The van der Waals surface area contributed by atoms with E-state index in [1.165, 1.54) is 13.2 Å². The van der Waals surface area contributed by atoms with E-state index in [2.05, 4.69) is 5.32 Å². The molecule has 2 rings (SSSR count). The van der Waals surface area contributed by atoms with Crippen LogP contribution in [0.3, 0.4) is 0 Å². The number of hydrogen-bond donors (Lipinski definition) is 1. The number of benzene rings is 2. The number of methoxy groups -OCH3 is 1. The fraction of sp³-hybridized carbons (Fsp3) is 0.278. The predicted molar refractivity (Wildman–Crippen MR) is 97.5 cm³/mol. The number of amides is 1. The van der Waals surface area contributed by atoms with Crippen LogP contribution in [0.5, 0.6) is 0 Å². The molecular weight excluding hydrogens is 397 g/mol. The number of nitro groups is 1. The van der Waals surface area contributed by atoms with Gasteiger partial charge in [-0.2, -0.15) is 13.2 Å². The van der Waals surface area contributed by atoms with Gasteiger partial charge in [0.25, 0.3) is 11.6 Å². The summed E-state index contributed by atoms with van der Waals surface area (Å²) >= 11 is 0.856. The smallest absolute Gasteiger partial charge is 0.383 e. The number of ether oxygens (including phenoxy) is 1. The van der Waals surface area contributed by atoms with Crippen LogP contribution < -0.4 is 5.32 Å². The third-order valence-corrected chi connectivity index (χ3v) is 4.77. The lowest BCUT2D eigenvalue weighted by Crippen LogP contribution is -2.35. The molecule has 6 nitrogen and oxygen atoms in total. The van der Waals surface area contributed by atoms with Gasteiger partial charge in [-0.15, -0.1) is 0 Å². The van der Waals surface area contributed by atoms with Gasteiger partial charge < -0.3 is 10.1 Å². The molecule has 0 radical (unpaired) electrons. The molecule has 0 bridgehead atoms. The average molecular weight is 414 g/mol. The molecule has 0 fully saturated rings. The van der Waals surface area contributed by atoms with Crippen LogP contribution in [-0.2, 0) is 10.9 Å². The molecule has 0 aromatic heterocycles. The minimum absolute atomic E-state index is 0.00295. The van der Waals surface area contributed by atoms with Gasteiger partial charge in [0.15, 0.2) is 0 Å². The molecule has 150 valence electrons. The number of nitrogens with zero attached hydrogens (tertiary/aromatic N) is 1. The zero-order valence-electron chi connectivity index (χ0n) is 14.9. The molecule has 10 heteroatoms. The Labute approximate surface area is 163 Å². The summed E-state index contributed by atoms with van der Waals surface area (Å²) in [6.45, 7) is 2.04. The third kappa shape index (κ3) is 5.46. The monoisotopic (exact) mass is 414 g/mol. The first kappa shape index (κ1) is 21.7. The maximum atomic E-state index is 12.9. The predicted octanol–water partition coefficient (Wildman–Crippen LogP) is 4.53. The standard InChI is InChI=1S/C18H17F3N2O4S/c1-11(10-27-2)22-17(24)13-5-3-4-6-15(13)28-16-8-7-12(18(19,20)21)9-14(16)23(25)26/h3-9,11H,10H2,1-2H3,(H,22,24). The molecule has 1 unspecified atom stereocenters. The largest absolute Gasteiger partial charge is 0.416 e. The number of hydrogen-bond acceptors (Lipinski definition) is 5. The number of nitro benzene ring substituents is 1. The van der Waals surface area contributed by atoms with E-state index in [4.69, 9.17) is 4.74 Å². The van der Waals surface area contributed by atoms with Gasteiger partial charge in [0.2, 0.25) is 0 Å². The van der Waals surface area contributed by atoms with Crippen molar-refractivity contribution in [2.24, 2.45) is 0 Å². The maximum absolute atomic E-state index is 12.9. The molecule has 0 saturated heterocycles. The second-order valence-corrected chi connectivity index (χ2v) is 6.95. The summed E-state index contributed by atoms with van der Waals surface area (Å²) in [5, 5.41) is 14.0. The van der Waals surface area contributed by atoms with Gasteiger partial charge in [-0.3, -0.25) is 14.9 Å². The van der Waals surface area contributed by atoms with Crippen molar-refractivity contribution >= 4 is 23.4 Å². The molecule has 0 heterocycles. The Balaban J connectivity index is 2.36. The van der Waals surface area contributed by atoms with Crippen molar-refractivity contribution < 1.29 is 27.6 Å². The Morgan fingerprint density at radius 1 is 1.25 bits per heavy atom. The fourth-order valence-corrected chi connectivity index (χ4v) is 3.41. The van der Waals surface area contributed by atoms with Crippen molar-refractivity contribution in [2.45, 2.75) is 28.9 Å². The Morgan fingerprint density at radius 3 is 2.54 bits per heavy atom. The van der Waals surface area contributed by atoms with Gasteiger partial charge >= 0.3 is 6.18 Å². The number of halogens is 3. The summed E-state index contributed by atoms with van der Waals surface area (Å²) in [4.78, 5) is 23.3. The molecule has 1 N–H and O–H groups in total. The molecule has 2 aromatic rings. The molecule has 0 aliphatic rings. The fourth-order valence-electron chi connectivity index (χ4n) is 2.38. The summed E-state index contributed by atoms with van der Waals surface area (Å²) in [6.07, 6.45) is -4.69. The van der Waals surface area contributed by atoms with Crippen LogP contribution in [0.4, 0.5) is 18.9 Å². The number of rotatable bonds is 7. The first-order valence-electron chi connectivity index (χ1n) is 8.05. The quantitative estimate of drug-likeness (QED) is 0.532. The van der Waals surface area contributed by atoms with E-state index >= 15 is 0 Å². The molecule has 0 aliphatic carbocycles. The lowest BCUT2D eigenvalue weighted by atomic mass is 10.2. The molecule has 2 aromatic carbocycles. The van der Waals surface area contributed by atoms with E-state index in [0.29, 0.717) is 17.6 Å². The zero-order chi connectivity index (χ0) is 20.9. The number of nitrogens with one attached hydrogen (secondary N) is 1. The van der Waals surface area contributed by atoms with Crippen LogP contribution in [0.15, 0.2) is 52.3 Å². The zero-order valence-corrected chi connectivity index (χ0v) is 15.8. The maximum Gasteiger partial charge on any atom is 0.416 e. The summed E-state index contributed by atoms with van der Waals surface area (Å²) in [5.41, 5.74) is -1.53. The molecule has 1 amide bonds. The Hall–Kier alpha value is -2.59. The molecule has 28 heavy (non-hydrogen) atoms. The number of carbonyl (C=O) groups is 1. The highest BCUT2D eigenvalue weighted by Crippen LogP contribution is 2.40. The van der Waals surface area contributed by atoms with Crippen molar-refractivity contribution in [2.75, 3.05) is 13.7 Å². The van der Waals surface area contributed by atoms with Gasteiger partial charge in [-0.25, -0.2) is 0 Å². The van der Waals surface area contributed by atoms with Crippen LogP contribution in [-0.4, -0.2) is 30.6 Å². The van der Waals surface area contributed by atoms with E-state index in [1.807, 2.05) is 0 Å². The summed E-state index contributed by atoms with van der Waals surface area (Å²) in [7, 11) is 1.50. The lowest BCUT2D eigenvalue weighted by Gasteiger charge is -2.15. The summed E-state index contributed by atoms with van der Waals surface area (Å²) in [6, 6.07) is 8.40. The van der Waals surface area contributed by atoms with Gasteiger partial charge in [-0.05, 0) is 31.2 Å². The SMILES string of the molecule is COCC(C)NC(=O)c1ccccc1Sc1ccc(C(F)(F)F)cc1[N+](=O)[O-]. The van der Waals surface area contributed by atoms with E-state index in [1.54, 1.807) is 25.1 Å². The van der Waals surface area contributed by atoms with Crippen LogP contribution in [0.1, 0.15) is 22.8 Å². The Bertz CT molecular complexity index is 874. The van der Waals surface area contributed by atoms with Crippen molar-refractivity contribution in [3.63, 3.8) is 0 Å². The van der Waals surface area contributed by atoms with E-state index in [0.717, 1.165) is 23.9 Å². The molecule has 0 aliphatic heterocycles. The minimum Gasteiger partial charge on any atom is -0.383 e. The first-order chi connectivity index (χ1) is 13.1. The van der Waals surface area contributed by atoms with E-state index in [9.17, 15) is 28.1 Å². The normalized spacial score (nSPS) is 12.5. The van der Waals surface area contributed by atoms with Gasteiger partial charge in [-0.1, -0.05) is 23.9 Å². The average Bonchev–Trinajstić information content (AvgIpc) is 2.61. The van der Waals surface area contributed by atoms with Crippen LogP contribution in [0, 0.1) is 10.1 Å². The van der Waals surface area contributed by atoms with Gasteiger partial charge in [0.1, 0.15) is 0 Å². The second kappa shape index (κ2) is 9.07. The lowest BCUT2D eigenvalue weighted by molar-refractivity contribution is -0.388. The first-order valence-corrected chi connectivity index (χ1v) is 8.87. The number of alkyl halides is 3. The highest BCUT2D eigenvalue weighted by molar-refractivity contribution is 7.99. The van der Waals surface area contributed by atoms with Crippen LogP contribution in [0.25, 0.3) is 0 Å². The Kier molecular flexibility index (Phi) is 7.03. The van der Waals surface area contributed by atoms with Gasteiger partial charge in [0.05, 0.1) is 27.6 Å². The topological polar surface area (TPSA) is 81.5 Å². The number of carbonyl (C=O) groups excluding carboxylic acids is 1. The Morgan fingerprint density at radius 2 is 1.93 bits per heavy atom. The molecule has 1 atom stereocenters.